The van der Waals surface area contributed by atoms with Crippen LogP contribution in [-0.4, -0.2) is 25.1 Å². The van der Waals surface area contributed by atoms with Crippen LogP contribution in [0.5, 0.6) is 0 Å². The summed E-state index contributed by atoms with van der Waals surface area (Å²) in [6.45, 7) is 10.00. The summed E-state index contributed by atoms with van der Waals surface area (Å²) in [6.07, 6.45) is 5.23. The maximum atomic E-state index is 4.80. The van der Waals surface area contributed by atoms with Gasteiger partial charge in [0, 0.05) is 25.3 Å². The Morgan fingerprint density at radius 2 is 1.85 bits per heavy atom. The van der Waals surface area contributed by atoms with E-state index in [1.165, 1.54) is 31.2 Å². The number of nitrogens with zero attached hydrogens (tertiary/aromatic N) is 2. The van der Waals surface area contributed by atoms with Crippen LogP contribution >= 0.6 is 0 Å². The quantitative estimate of drug-likeness (QED) is 0.891. The number of pyridine rings is 1. The summed E-state index contributed by atoms with van der Waals surface area (Å²) in [7, 11) is 1.98. The number of anilines is 1. The molecule has 1 fully saturated rings. The van der Waals surface area contributed by atoms with Crippen LogP contribution in [0.2, 0.25) is 0 Å². The third-order valence-corrected chi connectivity index (χ3v) is 5.20. The summed E-state index contributed by atoms with van der Waals surface area (Å²) in [5, 5.41) is 3.20. The van der Waals surface area contributed by atoms with E-state index in [-0.39, 0.29) is 0 Å². The Morgan fingerprint density at radius 3 is 2.35 bits per heavy atom. The first-order valence-corrected chi connectivity index (χ1v) is 8.00. The predicted molar refractivity (Wildman–Crippen MR) is 86.2 cm³/mol. The molecule has 0 bridgehead atoms. The van der Waals surface area contributed by atoms with Gasteiger partial charge >= 0.3 is 0 Å². The lowest BCUT2D eigenvalue weighted by molar-refractivity contribution is 0.199. The van der Waals surface area contributed by atoms with Crippen molar-refractivity contribution >= 4 is 5.82 Å². The van der Waals surface area contributed by atoms with E-state index in [9.17, 15) is 0 Å². The van der Waals surface area contributed by atoms with E-state index in [4.69, 9.17) is 4.98 Å². The second kappa shape index (κ2) is 6.57. The van der Waals surface area contributed by atoms with E-state index in [0.29, 0.717) is 5.41 Å². The third kappa shape index (κ3) is 3.14. The molecule has 0 amide bonds. The number of aryl methyl sites for hydroxylation is 1. The zero-order valence-corrected chi connectivity index (χ0v) is 13.5. The molecule has 0 aliphatic carbocycles. The molecule has 0 spiro atoms. The van der Waals surface area contributed by atoms with Crippen molar-refractivity contribution in [1.29, 1.82) is 0 Å². The highest BCUT2D eigenvalue weighted by Crippen LogP contribution is 2.38. The van der Waals surface area contributed by atoms with Crippen LogP contribution in [0, 0.1) is 12.3 Å². The van der Waals surface area contributed by atoms with Crippen molar-refractivity contribution in [3.05, 3.63) is 23.4 Å². The predicted octanol–water partition coefficient (Wildman–Crippen LogP) is 3.52. The van der Waals surface area contributed by atoms with Crippen molar-refractivity contribution in [3.63, 3.8) is 0 Å². The molecule has 1 N–H and O–H groups in total. The molecule has 1 aliphatic rings. The molecule has 2 heterocycles. The number of hydrogen-bond acceptors (Lipinski definition) is 3. The molecule has 1 saturated heterocycles. The molecule has 0 saturated carbocycles. The van der Waals surface area contributed by atoms with E-state index < -0.39 is 0 Å². The Hall–Kier alpha value is -1.09. The highest BCUT2D eigenvalue weighted by Gasteiger charge is 2.31. The summed E-state index contributed by atoms with van der Waals surface area (Å²) in [5.41, 5.74) is 3.03. The van der Waals surface area contributed by atoms with Crippen LogP contribution in [-0.2, 0) is 6.54 Å². The van der Waals surface area contributed by atoms with Crippen molar-refractivity contribution in [3.8, 4) is 0 Å². The maximum absolute atomic E-state index is 4.80. The Labute approximate surface area is 123 Å². The highest BCUT2D eigenvalue weighted by atomic mass is 15.2. The molecule has 1 aromatic rings. The smallest absolute Gasteiger partial charge is 0.128 e. The summed E-state index contributed by atoms with van der Waals surface area (Å²) < 4.78 is 0. The number of rotatable bonds is 5. The lowest BCUT2D eigenvalue weighted by Gasteiger charge is -2.41. The maximum Gasteiger partial charge on any atom is 0.128 e. The Balaban J connectivity index is 2.05. The topological polar surface area (TPSA) is 28.2 Å². The Kier molecular flexibility index (Phi) is 5.03. The van der Waals surface area contributed by atoms with Gasteiger partial charge in [-0.2, -0.15) is 0 Å². The van der Waals surface area contributed by atoms with Gasteiger partial charge in [-0.15, -0.1) is 0 Å². The molecule has 0 radical (unpaired) electrons. The van der Waals surface area contributed by atoms with E-state index in [1.807, 2.05) is 7.05 Å². The molecule has 0 atom stereocenters. The lowest BCUT2D eigenvalue weighted by Crippen LogP contribution is -2.40. The average Bonchev–Trinajstić information content (AvgIpc) is 2.49. The molecule has 3 nitrogen and oxygen atoms in total. The van der Waals surface area contributed by atoms with Crippen LogP contribution < -0.4 is 10.2 Å². The number of hydrogen-bond donors (Lipinski definition) is 1. The van der Waals surface area contributed by atoms with Crippen molar-refractivity contribution in [2.75, 3.05) is 25.0 Å². The fraction of sp³-hybridized carbons (Fsp3) is 0.706. The van der Waals surface area contributed by atoms with Gasteiger partial charge in [0.2, 0.25) is 0 Å². The normalized spacial score (nSPS) is 18.3. The molecule has 0 aromatic carbocycles. The fourth-order valence-electron chi connectivity index (χ4n) is 3.30. The van der Waals surface area contributed by atoms with Crippen LogP contribution in [0.4, 0.5) is 5.82 Å². The molecule has 1 aromatic heterocycles. The molecule has 2 rings (SSSR count). The molecule has 112 valence electrons. The summed E-state index contributed by atoms with van der Waals surface area (Å²) in [5.74, 6) is 1.16. The first-order chi connectivity index (χ1) is 9.64. The van der Waals surface area contributed by atoms with E-state index in [0.717, 1.165) is 31.1 Å². The molecule has 20 heavy (non-hydrogen) atoms. The van der Waals surface area contributed by atoms with Gasteiger partial charge in [-0.1, -0.05) is 32.8 Å². The van der Waals surface area contributed by atoms with Gasteiger partial charge < -0.3 is 10.2 Å². The SMILES string of the molecule is CCC1(CC)CCN(c2ccc(CNC)c(C)n2)CC1. The standard InChI is InChI=1S/C17H29N3/c1-5-17(6-2)9-11-20(12-10-17)16-8-7-15(13-18-4)14(3)19-16/h7-8,18H,5-6,9-13H2,1-4H3. The second-order valence-electron chi connectivity index (χ2n) is 6.14. The van der Waals surface area contributed by atoms with E-state index in [1.54, 1.807) is 0 Å². The minimum atomic E-state index is 0.581. The summed E-state index contributed by atoms with van der Waals surface area (Å²) >= 11 is 0. The van der Waals surface area contributed by atoms with Gasteiger partial charge in [-0.25, -0.2) is 4.98 Å². The Morgan fingerprint density at radius 1 is 1.20 bits per heavy atom. The van der Waals surface area contributed by atoms with Gasteiger partial charge in [-0.05, 0) is 43.9 Å². The molecule has 1 aliphatic heterocycles. The zero-order valence-electron chi connectivity index (χ0n) is 13.5. The highest BCUT2D eigenvalue weighted by molar-refractivity contribution is 5.42. The van der Waals surface area contributed by atoms with Gasteiger partial charge in [-0.3, -0.25) is 0 Å². The zero-order chi connectivity index (χ0) is 14.6. The third-order valence-electron chi connectivity index (χ3n) is 5.20. The van der Waals surface area contributed by atoms with Crippen molar-refractivity contribution in [2.24, 2.45) is 5.41 Å². The second-order valence-corrected chi connectivity index (χ2v) is 6.14. The monoisotopic (exact) mass is 275 g/mol. The minimum Gasteiger partial charge on any atom is -0.357 e. The van der Waals surface area contributed by atoms with Gasteiger partial charge in [0.05, 0.1) is 0 Å². The molecular weight excluding hydrogens is 246 g/mol. The van der Waals surface area contributed by atoms with Crippen molar-refractivity contribution in [2.45, 2.75) is 53.0 Å². The first kappa shape index (κ1) is 15.3. The van der Waals surface area contributed by atoms with Crippen LogP contribution in [0.25, 0.3) is 0 Å². The number of aromatic nitrogens is 1. The van der Waals surface area contributed by atoms with Crippen LogP contribution in [0.1, 0.15) is 50.8 Å². The van der Waals surface area contributed by atoms with Crippen molar-refractivity contribution in [1.82, 2.24) is 10.3 Å². The Bertz CT molecular complexity index is 428. The lowest BCUT2D eigenvalue weighted by atomic mass is 9.74. The van der Waals surface area contributed by atoms with Crippen molar-refractivity contribution < 1.29 is 0 Å². The molecule has 0 unspecified atom stereocenters. The van der Waals surface area contributed by atoms with Gasteiger partial charge in [0.1, 0.15) is 5.82 Å². The van der Waals surface area contributed by atoms with Gasteiger partial charge in [0.15, 0.2) is 0 Å². The van der Waals surface area contributed by atoms with E-state index in [2.05, 4.69) is 43.1 Å². The summed E-state index contributed by atoms with van der Waals surface area (Å²) in [4.78, 5) is 7.26. The molecule has 3 heteroatoms. The first-order valence-electron chi connectivity index (χ1n) is 8.00. The number of piperidine rings is 1. The summed E-state index contributed by atoms with van der Waals surface area (Å²) in [6, 6.07) is 4.40. The van der Waals surface area contributed by atoms with Gasteiger partial charge in [0.25, 0.3) is 0 Å². The number of nitrogens with one attached hydrogen (secondary N) is 1. The average molecular weight is 275 g/mol. The van der Waals surface area contributed by atoms with E-state index >= 15 is 0 Å². The molecular formula is C17H29N3. The largest absolute Gasteiger partial charge is 0.357 e. The van der Waals surface area contributed by atoms with Crippen LogP contribution in [0.15, 0.2) is 12.1 Å². The van der Waals surface area contributed by atoms with Crippen LogP contribution in [0.3, 0.4) is 0 Å². The fourth-order valence-corrected chi connectivity index (χ4v) is 3.30. The minimum absolute atomic E-state index is 0.581.